The highest BCUT2D eigenvalue weighted by molar-refractivity contribution is 5.52. The second-order valence-electron chi connectivity index (χ2n) is 3.56. The Morgan fingerprint density at radius 1 is 1.29 bits per heavy atom. The van der Waals surface area contributed by atoms with Crippen molar-refractivity contribution in [2.24, 2.45) is 0 Å². The van der Waals surface area contributed by atoms with Crippen LogP contribution in [0.2, 0.25) is 0 Å². The van der Waals surface area contributed by atoms with Crippen LogP contribution in [0.15, 0.2) is 24.3 Å². The van der Waals surface area contributed by atoms with Gasteiger partial charge in [0.2, 0.25) is 0 Å². The molecule has 0 spiro atoms. The number of benzene rings is 1. The molecule has 0 heterocycles. The number of para-hydroxylation sites is 1. The summed E-state index contributed by atoms with van der Waals surface area (Å²) < 4.78 is 0. The molecule has 0 aliphatic heterocycles. The van der Waals surface area contributed by atoms with Gasteiger partial charge in [0.25, 0.3) is 0 Å². The van der Waals surface area contributed by atoms with Crippen molar-refractivity contribution in [1.82, 2.24) is 0 Å². The fraction of sp³-hybridized carbons (Fsp3) is 0.455. The zero-order valence-electron chi connectivity index (χ0n) is 8.64. The van der Waals surface area contributed by atoms with Crippen molar-refractivity contribution in [3.63, 3.8) is 0 Å². The molecule has 0 aliphatic rings. The van der Waals surface area contributed by atoms with Crippen molar-refractivity contribution < 1.29 is 10.2 Å². The number of hydrogen-bond acceptors (Lipinski definition) is 3. The van der Waals surface area contributed by atoms with Gasteiger partial charge in [-0.1, -0.05) is 18.2 Å². The van der Waals surface area contributed by atoms with E-state index in [9.17, 15) is 5.11 Å². The lowest BCUT2D eigenvalue weighted by Crippen LogP contribution is -2.18. The second kappa shape index (κ2) is 4.98. The van der Waals surface area contributed by atoms with Gasteiger partial charge in [-0.15, -0.1) is 0 Å². The Morgan fingerprint density at radius 2 is 1.93 bits per heavy atom. The minimum Gasteiger partial charge on any atom is -0.394 e. The molecule has 3 heteroatoms. The smallest absolute Gasteiger partial charge is 0.0811 e. The SMILES string of the molecule is CN(C)c1ccccc1CC(O)CO. The monoisotopic (exact) mass is 195 g/mol. The lowest BCUT2D eigenvalue weighted by atomic mass is 10.1. The lowest BCUT2D eigenvalue weighted by Gasteiger charge is -2.18. The van der Waals surface area contributed by atoms with Crippen LogP contribution < -0.4 is 4.90 Å². The van der Waals surface area contributed by atoms with Crippen LogP contribution in [0, 0.1) is 0 Å². The molecule has 0 bridgehead atoms. The standard InChI is InChI=1S/C11H17NO2/c1-12(2)11-6-4-3-5-9(11)7-10(14)8-13/h3-6,10,13-14H,7-8H2,1-2H3. The minimum absolute atomic E-state index is 0.193. The maximum absolute atomic E-state index is 9.35. The summed E-state index contributed by atoms with van der Waals surface area (Å²) in [7, 11) is 3.92. The van der Waals surface area contributed by atoms with Crippen molar-refractivity contribution in [3.05, 3.63) is 29.8 Å². The summed E-state index contributed by atoms with van der Waals surface area (Å²) in [5, 5.41) is 18.1. The average Bonchev–Trinajstić information content (AvgIpc) is 2.18. The fourth-order valence-electron chi connectivity index (χ4n) is 1.44. The largest absolute Gasteiger partial charge is 0.394 e. The quantitative estimate of drug-likeness (QED) is 0.741. The molecule has 0 saturated carbocycles. The number of anilines is 1. The average molecular weight is 195 g/mol. The maximum Gasteiger partial charge on any atom is 0.0811 e. The molecule has 0 aliphatic carbocycles. The van der Waals surface area contributed by atoms with E-state index in [1.165, 1.54) is 0 Å². The number of aliphatic hydroxyl groups is 2. The molecule has 78 valence electrons. The van der Waals surface area contributed by atoms with Crippen LogP contribution in [0.1, 0.15) is 5.56 Å². The third-order valence-corrected chi connectivity index (χ3v) is 2.14. The Balaban J connectivity index is 2.84. The first-order valence-corrected chi connectivity index (χ1v) is 4.69. The van der Waals surface area contributed by atoms with E-state index in [-0.39, 0.29) is 6.61 Å². The Bertz CT molecular complexity index is 286. The predicted molar refractivity (Wildman–Crippen MR) is 57.6 cm³/mol. The van der Waals surface area contributed by atoms with E-state index in [1.807, 2.05) is 43.3 Å². The molecule has 0 aromatic heterocycles. The molecule has 3 nitrogen and oxygen atoms in total. The molecule has 1 aromatic rings. The highest BCUT2D eigenvalue weighted by Crippen LogP contribution is 2.19. The summed E-state index contributed by atoms with van der Waals surface area (Å²) in [6.45, 7) is -0.193. The van der Waals surface area contributed by atoms with E-state index in [2.05, 4.69) is 0 Å². The maximum atomic E-state index is 9.35. The molecular formula is C11H17NO2. The van der Waals surface area contributed by atoms with Gasteiger partial charge in [0.15, 0.2) is 0 Å². The second-order valence-corrected chi connectivity index (χ2v) is 3.56. The van der Waals surface area contributed by atoms with Crippen molar-refractivity contribution in [1.29, 1.82) is 0 Å². The Morgan fingerprint density at radius 3 is 2.50 bits per heavy atom. The third-order valence-electron chi connectivity index (χ3n) is 2.14. The fourth-order valence-corrected chi connectivity index (χ4v) is 1.44. The first-order valence-electron chi connectivity index (χ1n) is 4.69. The summed E-state index contributed by atoms with van der Waals surface area (Å²) in [5.74, 6) is 0. The van der Waals surface area contributed by atoms with Crippen LogP contribution in [0.25, 0.3) is 0 Å². The van der Waals surface area contributed by atoms with Gasteiger partial charge in [-0.05, 0) is 11.6 Å². The third kappa shape index (κ3) is 2.72. The highest BCUT2D eigenvalue weighted by Gasteiger charge is 2.08. The molecule has 1 rings (SSSR count). The van der Waals surface area contributed by atoms with Crippen molar-refractivity contribution in [2.75, 3.05) is 25.6 Å². The van der Waals surface area contributed by atoms with Crippen molar-refractivity contribution >= 4 is 5.69 Å². The summed E-state index contributed by atoms with van der Waals surface area (Å²) in [4.78, 5) is 2.00. The van der Waals surface area contributed by atoms with Crippen LogP contribution in [0.3, 0.4) is 0 Å². The van der Waals surface area contributed by atoms with Crippen LogP contribution in [0.4, 0.5) is 5.69 Å². The molecule has 2 N–H and O–H groups in total. The minimum atomic E-state index is -0.670. The van der Waals surface area contributed by atoms with E-state index in [0.717, 1.165) is 11.3 Å². The number of aliphatic hydroxyl groups excluding tert-OH is 2. The molecular weight excluding hydrogens is 178 g/mol. The summed E-state index contributed by atoms with van der Waals surface area (Å²) in [5.41, 5.74) is 2.14. The van der Waals surface area contributed by atoms with Crippen molar-refractivity contribution in [3.8, 4) is 0 Å². The van der Waals surface area contributed by atoms with Gasteiger partial charge in [0.1, 0.15) is 0 Å². The zero-order chi connectivity index (χ0) is 10.6. The van der Waals surface area contributed by atoms with Gasteiger partial charge in [-0.25, -0.2) is 0 Å². The summed E-state index contributed by atoms with van der Waals surface area (Å²) in [6, 6.07) is 7.87. The molecule has 14 heavy (non-hydrogen) atoms. The summed E-state index contributed by atoms with van der Waals surface area (Å²) in [6.07, 6.45) is -0.179. The first-order chi connectivity index (χ1) is 6.65. The molecule has 1 atom stereocenters. The molecule has 0 radical (unpaired) electrons. The Hall–Kier alpha value is -1.06. The van der Waals surface area contributed by atoms with Gasteiger partial charge < -0.3 is 15.1 Å². The van der Waals surface area contributed by atoms with E-state index >= 15 is 0 Å². The van der Waals surface area contributed by atoms with Crippen LogP contribution >= 0.6 is 0 Å². The normalized spacial score (nSPS) is 12.6. The van der Waals surface area contributed by atoms with Gasteiger partial charge in [-0.2, -0.15) is 0 Å². The number of rotatable bonds is 4. The first kappa shape index (κ1) is 11.0. The van der Waals surface area contributed by atoms with E-state index in [4.69, 9.17) is 5.11 Å². The molecule has 1 unspecified atom stereocenters. The van der Waals surface area contributed by atoms with Gasteiger partial charge >= 0.3 is 0 Å². The van der Waals surface area contributed by atoms with Gasteiger partial charge in [-0.3, -0.25) is 0 Å². The van der Waals surface area contributed by atoms with E-state index in [0.29, 0.717) is 6.42 Å². The molecule has 0 fully saturated rings. The van der Waals surface area contributed by atoms with Gasteiger partial charge in [0.05, 0.1) is 12.7 Å². The predicted octanol–water partition coefficient (Wildman–Crippen LogP) is 0.648. The topological polar surface area (TPSA) is 43.7 Å². The van der Waals surface area contributed by atoms with E-state index in [1.54, 1.807) is 0 Å². The van der Waals surface area contributed by atoms with Crippen LogP contribution in [-0.2, 0) is 6.42 Å². The number of nitrogens with zero attached hydrogens (tertiary/aromatic N) is 1. The van der Waals surface area contributed by atoms with Crippen LogP contribution in [0.5, 0.6) is 0 Å². The molecule has 1 aromatic carbocycles. The highest BCUT2D eigenvalue weighted by atomic mass is 16.3. The number of hydrogen-bond donors (Lipinski definition) is 2. The van der Waals surface area contributed by atoms with Crippen molar-refractivity contribution in [2.45, 2.75) is 12.5 Å². The molecule has 0 saturated heterocycles. The van der Waals surface area contributed by atoms with E-state index < -0.39 is 6.10 Å². The summed E-state index contributed by atoms with van der Waals surface area (Å²) >= 11 is 0. The molecule has 0 amide bonds. The Labute approximate surface area is 84.6 Å². The zero-order valence-corrected chi connectivity index (χ0v) is 8.64. The van der Waals surface area contributed by atoms with Gasteiger partial charge in [0, 0.05) is 26.2 Å². The Kier molecular flexibility index (Phi) is 3.92. The lowest BCUT2D eigenvalue weighted by molar-refractivity contribution is 0.0956. The van der Waals surface area contributed by atoms with Crippen LogP contribution in [-0.4, -0.2) is 37.0 Å².